The third-order valence-electron chi connectivity index (χ3n) is 13.8. The molecule has 3 saturated heterocycles. The van der Waals surface area contributed by atoms with Crippen molar-refractivity contribution in [3.8, 4) is 22.8 Å². The number of anilines is 3. The summed E-state index contributed by atoms with van der Waals surface area (Å²) < 4.78 is 36.6. The van der Waals surface area contributed by atoms with Crippen molar-refractivity contribution in [2.24, 2.45) is 5.92 Å². The lowest BCUT2D eigenvalue weighted by Gasteiger charge is -2.43. The molecular formula is C45H50F2N8O5. The number of aryl methyl sites for hydroxylation is 1. The number of hydrogen-bond donors (Lipinski definition) is 4. The molecule has 1 aromatic heterocycles. The van der Waals surface area contributed by atoms with Gasteiger partial charge in [-0.2, -0.15) is 0 Å². The number of aliphatic hydroxyl groups is 1. The number of nitrogens with zero attached hydrogens (tertiary/aromatic N) is 6. The average Bonchev–Trinajstić information content (AvgIpc) is 3.79. The van der Waals surface area contributed by atoms with E-state index >= 15 is 8.78 Å². The Kier molecular flexibility index (Phi) is 9.87. The normalized spacial score (nSPS) is 25.7. The van der Waals surface area contributed by atoms with Crippen LogP contribution in [0, 0.1) is 12.8 Å². The second kappa shape index (κ2) is 15.3. The van der Waals surface area contributed by atoms with Gasteiger partial charge < -0.3 is 30.1 Å². The number of para-hydroxylation sites is 1. The Morgan fingerprint density at radius 2 is 1.78 bits per heavy atom. The fourth-order valence-electron chi connectivity index (χ4n) is 10.4. The summed E-state index contributed by atoms with van der Waals surface area (Å²) in [7, 11) is 0. The van der Waals surface area contributed by atoms with Crippen LogP contribution in [0.5, 0.6) is 11.5 Å². The van der Waals surface area contributed by atoms with Crippen LogP contribution in [-0.2, 0) is 29.1 Å². The van der Waals surface area contributed by atoms with Crippen molar-refractivity contribution in [2.75, 3.05) is 54.4 Å². The van der Waals surface area contributed by atoms with Crippen LogP contribution in [-0.4, -0.2) is 105 Å². The van der Waals surface area contributed by atoms with E-state index in [9.17, 15) is 19.8 Å². The molecule has 0 aliphatic carbocycles. The molecule has 0 bridgehead atoms. The predicted molar refractivity (Wildman–Crippen MR) is 221 cm³/mol. The van der Waals surface area contributed by atoms with E-state index in [0.717, 1.165) is 68.8 Å². The second-order valence-corrected chi connectivity index (χ2v) is 17.5. The lowest BCUT2D eigenvalue weighted by atomic mass is 9.93. The van der Waals surface area contributed by atoms with Crippen molar-refractivity contribution in [1.82, 2.24) is 25.3 Å². The number of nitrogens with one attached hydrogen (secondary N) is 2. The molecule has 6 aliphatic heterocycles. The highest BCUT2D eigenvalue weighted by Crippen LogP contribution is 2.47. The number of imide groups is 1. The number of fused-ring (bicyclic) bond motifs is 5. The Labute approximate surface area is 347 Å². The van der Waals surface area contributed by atoms with Crippen LogP contribution in [0.15, 0.2) is 60.7 Å². The van der Waals surface area contributed by atoms with Gasteiger partial charge >= 0.3 is 0 Å². The maximum atomic E-state index is 15.0. The van der Waals surface area contributed by atoms with Gasteiger partial charge in [-0.1, -0.05) is 24.3 Å². The van der Waals surface area contributed by atoms with Crippen molar-refractivity contribution in [2.45, 2.75) is 88.9 Å². The standard InChI is InChI=1S/C45H50F2N8O5/c1-26-3-2-4-34(40(26)57)36-19-38-41(51-50-36)48-25-45(44(46)47)20-33(24-55(38)45)60-32-8-6-29-22-52(14-13-28(29)17-32)21-27-11-15-53(16-12-27)31-7-5-30-23-54(43(59)35(30)18-31)37-9-10-39(56)49-42(37)58/h2-8,17-19,27,33,37,43-44,57,59H,9-16,20-25H2,1H3,(H,48,51)(H,49,56,58)/t33-,37+,43?,45-/m1/s1. The molecule has 10 rings (SSSR count). The number of carbonyl (C=O) groups is 2. The third-order valence-corrected chi connectivity index (χ3v) is 13.8. The first kappa shape index (κ1) is 38.8. The van der Waals surface area contributed by atoms with Crippen LogP contribution in [0.25, 0.3) is 11.3 Å². The number of aliphatic hydroxyl groups excluding tert-OH is 1. The first-order valence-electron chi connectivity index (χ1n) is 21.2. The number of hydrogen-bond acceptors (Lipinski definition) is 12. The molecule has 3 aromatic carbocycles. The Hall–Kier alpha value is -5.38. The van der Waals surface area contributed by atoms with Crippen molar-refractivity contribution in [1.29, 1.82) is 0 Å². The van der Waals surface area contributed by atoms with E-state index < -0.39 is 30.3 Å². The van der Waals surface area contributed by atoms with Crippen LogP contribution in [0.4, 0.5) is 26.0 Å². The quantitative estimate of drug-likeness (QED) is 0.175. The molecule has 4 aromatic rings. The molecule has 2 amide bonds. The topological polar surface area (TPSA) is 147 Å². The van der Waals surface area contributed by atoms with Crippen LogP contribution in [0.2, 0.25) is 0 Å². The molecule has 60 heavy (non-hydrogen) atoms. The summed E-state index contributed by atoms with van der Waals surface area (Å²) in [5.74, 6) is 1.20. The molecule has 15 heteroatoms. The maximum absolute atomic E-state index is 15.0. The Morgan fingerprint density at radius 1 is 0.950 bits per heavy atom. The molecule has 4 N–H and O–H groups in total. The highest BCUT2D eigenvalue weighted by molar-refractivity contribution is 6.00. The molecule has 314 valence electrons. The van der Waals surface area contributed by atoms with Crippen molar-refractivity contribution in [3.63, 3.8) is 0 Å². The zero-order valence-corrected chi connectivity index (χ0v) is 33.6. The van der Waals surface area contributed by atoms with E-state index in [1.807, 2.05) is 12.1 Å². The highest BCUT2D eigenvalue weighted by Gasteiger charge is 2.56. The summed E-state index contributed by atoms with van der Waals surface area (Å²) in [5, 5.41) is 36.1. The molecule has 4 atom stereocenters. The number of carbonyl (C=O) groups excluding carboxylic acids is 2. The summed E-state index contributed by atoms with van der Waals surface area (Å²) in [4.78, 5) is 32.6. The van der Waals surface area contributed by atoms with Gasteiger partial charge in [-0.25, -0.2) is 8.78 Å². The number of benzene rings is 3. The first-order chi connectivity index (χ1) is 29.0. The van der Waals surface area contributed by atoms with Gasteiger partial charge in [0.1, 0.15) is 29.4 Å². The van der Waals surface area contributed by atoms with Gasteiger partial charge in [0.2, 0.25) is 11.8 Å². The molecule has 7 heterocycles. The summed E-state index contributed by atoms with van der Waals surface area (Å²) in [6.07, 6.45) is -0.112. The lowest BCUT2D eigenvalue weighted by Crippen LogP contribution is -2.57. The minimum atomic E-state index is -2.63. The fourth-order valence-corrected chi connectivity index (χ4v) is 10.4. The molecular weight excluding hydrogens is 771 g/mol. The van der Waals surface area contributed by atoms with Crippen LogP contribution in [0.3, 0.4) is 0 Å². The number of piperidine rings is 2. The average molecular weight is 821 g/mol. The smallest absolute Gasteiger partial charge is 0.263 e. The zero-order valence-electron chi connectivity index (χ0n) is 33.6. The Balaban J connectivity index is 0.746. The number of phenolic OH excluding ortho intramolecular Hbond substituents is 1. The molecule has 0 radical (unpaired) electrons. The third kappa shape index (κ3) is 6.89. The first-order valence-corrected chi connectivity index (χ1v) is 21.2. The number of halogens is 2. The summed E-state index contributed by atoms with van der Waals surface area (Å²) in [6, 6.07) is 19.0. The minimum Gasteiger partial charge on any atom is -0.507 e. The summed E-state index contributed by atoms with van der Waals surface area (Å²) in [6.45, 7) is 7.25. The Morgan fingerprint density at radius 3 is 2.60 bits per heavy atom. The molecule has 13 nitrogen and oxygen atoms in total. The number of aromatic nitrogens is 2. The van der Waals surface area contributed by atoms with Crippen LogP contribution < -0.4 is 25.2 Å². The maximum Gasteiger partial charge on any atom is 0.263 e. The van der Waals surface area contributed by atoms with Crippen molar-refractivity contribution < 1.29 is 33.3 Å². The lowest BCUT2D eigenvalue weighted by molar-refractivity contribution is -0.141. The van der Waals surface area contributed by atoms with Gasteiger partial charge in [-0.3, -0.25) is 24.7 Å². The number of rotatable bonds is 8. The highest BCUT2D eigenvalue weighted by atomic mass is 19.3. The number of alkyl halides is 2. The van der Waals surface area contributed by atoms with Gasteiger partial charge in [0, 0.05) is 75.5 Å². The monoisotopic (exact) mass is 820 g/mol. The molecule has 3 fully saturated rings. The van der Waals surface area contributed by atoms with Crippen molar-refractivity contribution in [3.05, 3.63) is 88.5 Å². The van der Waals surface area contributed by atoms with Gasteiger partial charge in [0.25, 0.3) is 6.43 Å². The fraction of sp³-hybridized carbons (Fsp3) is 0.467. The zero-order chi connectivity index (χ0) is 41.3. The number of ether oxygens (including phenoxy) is 1. The van der Waals surface area contributed by atoms with Crippen LogP contribution in [0.1, 0.15) is 66.1 Å². The molecule has 6 aliphatic rings. The minimum absolute atomic E-state index is 0.0193. The SMILES string of the molecule is Cc1cccc(-c2cc3c(nn2)NC[C@@]2(C(F)F)C[C@@H](Oc4ccc5c(c4)CCN(CC4CCN(c6ccc7c(c6)C(O)N([C@H]6CCC(=O)NC6=O)C7)CC4)C5)CN32)c1O. The van der Waals surface area contributed by atoms with E-state index in [1.165, 1.54) is 11.1 Å². The van der Waals surface area contributed by atoms with E-state index in [0.29, 0.717) is 53.0 Å². The predicted octanol–water partition coefficient (Wildman–Crippen LogP) is 5.13. The van der Waals surface area contributed by atoms with E-state index in [2.05, 4.69) is 61.0 Å². The largest absolute Gasteiger partial charge is 0.507 e. The molecule has 1 unspecified atom stereocenters. The van der Waals surface area contributed by atoms with Gasteiger partial charge in [-0.15, -0.1) is 10.2 Å². The summed E-state index contributed by atoms with van der Waals surface area (Å²) >= 11 is 0. The van der Waals surface area contributed by atoms with Gasteiger partial charge in [-0.05, 0) is 97.2 Å². The number of phenols is 1. The Bertz CT molecular complexity index is 2340. The number of amides is 2. The second-order valence-electron chi connectivity index (χ2n) is 17.5. The van der Waals surface area contributed by atoms with Crippen molar-refractivity contribution >= 4 is 29.0 Å². The van der Waals surface area contributed by atoms with E-state index in [4.69, 9.17) is 4.74 Å². The van der Waals surface area contributed by atoms with Gasteiger partial charge in [0.05, 0.1) is 24.0 Å². The number of aromatic hydroxyl groups is 1. The molecule has 0 spiro atoms. The van der Waals surface area contributed by atoms with E-state index in [-0.39, 0.29) is 43.5 Å². The van der Waals surface area contributed by atoms with Crippen LogP contribution >= 0.6 is 0 Å². The molecule has 0 saturated carbocycles. The van der Waals surface area contributed by atoms with E-state index in [1.54, 1.807) is 34.9 Å². The van der Waals surface area contributed by atoms with Gasteiger partial charge in [0.15, 0.2) is 5.82 Å². The summed E-state index contributed by atoms with van der Waals surface area (Å²) in [5.41, 5.74) is 6.10.